The summed E-state index contributed by atoms with van der Waals surface area (Å²) >= 11 is 17.7. The largest absolute Gasteiger partial charge is 0.366 e. The normalized spacial score (nSPS) is 12.6. The molecule has 90 valence electrons. The zero-order valence-electron chi connectivity index (χ0n) is 9.36. The fraction of sp³-hybridized carbons (Fsp3) is 0.545. The van der Waals surface area contributed by atoms with Crippen LogP contribution in [0.3, 0.4) is 0 Å². The topological polar surface area (TPSA) is 24.9 Å². The van der Waals surface area contributed by atoms with Gasteiger partial charge in [-0.3, -0.25) is 0 Å². The molecule has 2 nitrogen and oxygen atoms in total. The van der Waals surface area contributed by atoms with Crippen LogP contribution in [-0.4, -0.2) is 11.0 Å². The van der Waals surface area contributed by atoms with Crippen LogP contribution in [0, 0.1) is 0 Å². The molecule has 1 heterocycles. The molecule has 0 saturated heterocycles. The molecule has 16 heavy (non-hydrogen) atoms. The highest BCUT2D eigenvalue weighted by molar-refractivity contribution is 6.42. The van der Waals surface area contributed by atoms with E-state index in [0.717, 1.165) is 19.3 Å². The molecule has 0 aliphatic heterocycles. The van der Waals surface area contributed by atoms with Crippen LogP contribution < -0.4 is 5.32 Å². The van der Waals surface area contributed by atoms with Gasteiger partial charge < -0.3 is 5.32 Å². The molecule has 1 aromatic heterocycles. The lowest BCUT2D eigenvalue weighted by Crippen LogP contribution is -2.19. The van der Waals surface area contributed by atoms with Crippen molar-refractivity contribution in [1.29, 1.82) is 0 Å². The highest BCUT2D eigenvalue weighted by Gasteiger charge is 2.11. The number of aromatic nitrogens is 1. The summed E-state index contributed by atoms with van der Waals surface area (Å²) in [5, 5.41) is 4.44. The van der Waals surface area contributed by atoms with E-state index in [1.807, 2.05) is 0 Å². The third-order valence-corrected chi connectivity index (χ3v) is 3.32. The van der Waals surface area contributed by atoms with E-state index in [0.29, 0.717) is 21.9 Å². The van der Waals surface area contributed by atoms with Gasteiger partial charge in [0.2, 0.25) is 0 Å². The lowest BCUT2D eigenvalue weighted by Gasteiger charge is -2.17. The summed E-state index contributed by atoms with van der Waals surface area (Å²) in [7, 11) is 0. The van der Waals surface area contributed by atoms with E-state index in [1.165, 1.54) is 0 Å². The Hall–Kier alpha value is -0.180. The first kappa shape index (κ1) is 13.9. The number of anilines is 1. The van der Waals surface area contributed by atoms with Crippen LogP contribution in [0.2, 0.25) is 15.2 Å². The van der Waals surface area contributed by atoms with Gasteiger partial charge in [-0.15, -0.1) is 0 Å². The van der Waals surface area contributed by atoms with Crippen LogP contribution in [0.4, 0.5) is 5.82 Å². The minimum atomic E-state index is 0.278. The minimum absolute atomic E-state index is 0.278. The van der Waals surface area contributed by atoms with E-state index in [-0.39, 0.29) is 5.15 Å². The van der Waals surface area contributed by atoms with E-state index < -0.39 is 0 Å². The van der Waals surface area contributed by atoms with Crippen LogP contribution in [0.25, 0.3) is 0 Å². The zero-order chi connectivity index (χ0) is 12.1. The molecule has 1 unspecified atom stereocenters. The van der Waals surface area contributed by atoms with Gasteiger partial charge in [0, 0.05) is 6.04 Å². The Bertz CT molecular complexity index is 355. The van der Waals surface area contributed by atoms with Crippen LogP contribution in [0.5, 0.6) is 0 Å². The zero-order valence-corrected chi connectivity index (χ0v) is 11.6. The molecule has 0 aromatic carbocycles. The first-order chi connectivity index (χ1) is 7.58. The summed E-state index contributed by atoms with van der Waals surface area (Å²) in [6.07, 6.45) is 3.21. The van der Waals surface area contributed by atoms with Gasteiger partial charge in [-0.25, -0.2) is 4.98 Å². The number of nitrogens with one attached hydrogen (secondary N) is 1. The van der Waals surface area contributed by atoms with E-state index in [2.05, 4.69) is 24.1 Å². The third kappa shape index (κ3) is 3.69. The van der Waals surface area contributed by atoms with Crippen molar-refractivity contribution in [3.8, 4) is 0 Å². The summed E-state index contributed by atoms with van der Waals surface area (Å²) in [5.74, 6) is 0.608. The summed E-state index contributed by atoms with van der Waals surface area (Å²) in [6.45, 7) is 4.27. The van der Waals surface area contributed by atoms with Crippen LogP contribution in [0.15, 0.2) is 6.07 Å². The second-order valence-corrected chi connectivity index (χ2v) is 4.80. The molecule has 0 aliphatic carbocycles. The molecule has 1 atom stereocenters. The number of hydrogen-bond donors (Lipinski definition) is 1. The van der Waals surface area contributed by atoms with Gasteiger partial charge in [0.1, 0.15) is 11.0 Å². The molecule has 0 spiro atoms. The van der Waals surface area contributed by atoms with Gasteiger partial charge in [-0.2, -0.15) is 0 Å². The molecule has 0 fully saturated rings. The van der Waals surface area contributed by atoms with E-state index in [4.69, 9.17) is 34.8 Å². The molecule has 0 radical (unpaired) electrons. The third-order valence-electron chi connectivity index (χ3n) is 2.36. The first-order valence-corrected chi connectivity index (χ1v) is 6.49. The van der Waals surface area contributed by atoms with Crippen LogP contribution >= 0.6 is 34.8 Å². The van der Waals surface area contributed by atoms with E-state index in [9.17, 15) is 0 Å². The molecular formula is C11H15Cl3N2. The summed E-state index contributed by atoms with van der Waals surface area (Å²) in [6, 6.07) is 1.98. The maximum Gasteiger partial charge on any atom is 0.150 e. The molecule has 0 saturated carbocycles. The van der Waals surface area contributed by atoms with Crippen molar-refractivity contribution < 1.29 is 0 Å². The molecule has 1 aromatic rings. The van der Waals surface area contributed by atoms with Crippen LogP contribution in [0.1, 0.15) is 33.1 Å². The SMILES string of the molecule is CCCC(CC)Nc1nc(Cl)c(Cl)cc1Cl. The van der Waals surface area contributed by atoms with E-state index in [1.54, 1.807) is 6.07 Å². The highest BCUT2D eigenvalue weighted by Crippen LogP contribution is 2.29. The first-order valence-electron chi connectivity index (χ1n) is 5.36. The molecule has 1 rings (SSSR count). The molecule has 0 bridgehead atoms. The van der Waals surface area contributed by atoms with E-state index >= 15 is 0 Å². The number of pyridine rings is 1. The Labute approximate surface area is 111 Å². The van der Waals surface area contributed by atoms with Crippen molar-refractivity contribution in [2.45, 2.75) is 39.2 Å². The fourth-order valence-electron chi connectivity index (χ4n) is 1.47. The molecule has 5 heteroatoms. The predicted molar refractivity (Wildman–Crippen MR) is 71.9 cm³/mol. The number of rotatable bonds is 5. The Morgan fingerprint density at radius 3 is 2.50 bits per heavy atom. The molecule has 0 aliphatic rings. The highest BCUT2D eigenvalue weighted by atomic mass is 35.5. The quantitative estimate of drug-likeness (QED) is 0.765. The number of hydrogen-bond acceptors (Lipinski definition) is 2. The van der Waals surface area contributed by atoms with Gasteiger partial charge in [0.05, 0.1) is 10.0 Å². The van der Waals surface area contributed by atoms with Gasteiger partial charge in [-0.1, -0.05) is 55.1 Å². The molecule has 0 amide bonds. The molecular weight excluding hydrogens is 266 g/mol. The molecule has 1 N–H and O–H groups in total. The summed E-state index contributed by atoms with van der Waals surface area (Å²) < 4.78 is 0. The van der Waals surface area contributed by atoms with Crippen molar-refractivity contribution in [3.63, 3.8) is 0 Å². The maximum absolute atomic E-state index is 6.03. The van der Waals surface area contributed by atoms with Crippen LogP contribution in [-0.2, 0) is 0 Å². The Morgan fingerprint density at radius 1 is 1.25 bits per heavy atom. The van der Waals surface area contributed by atoms with Gasteiger partial charge >= 0.3 is 0 Å². The maximum atomic E-state index is 6.03. The lowest BCUT2D eigenvalue weighted by molar-refractivity contribution is 0.620. The van der Waals surface area contributed by atoms with Crippen molar-refractivity contribution in [2.75, 3.05) is 5.32 Å². The monoisotopic (exact) mass is 280 g/mol. The average Bonchev–Trinajstić information content (AvgIpc) is 2.25. The van der Waals surface area contributed by atoms with Crippen molar-refractivity contribution in [3.05, 3.63) is 21.3 Å². The van der Waals surface area contributed by atoms with Crippen molar-refractivity contribution in [2.24, 2.45) is 0 Å². The van der Waals surface area contributed by atoms with Gasteiger partial charge in [-0.05, 0) is 18.9 Å². The predicted octanol–water partition coefficient (Wildman–Crippen LogP) is 5.03. The standard InChI is InChI=1S/C11H15Cl3N2/c1-3-5-7(4-2)15-11-9(13)6-8(12)10(14)16-11/h6-7H,3-5H2,1-2H3,(H,15,16). The summed E-state index contributed by atoms with van der Waals surface area (Å²) in [5.41, 5.74) is 0. The number of halogens is 3. The second-order valence-electron chi connectivity index (χ2n) is 3.63. The Morgan fingerprint density at radius 2 is 1.94 bits per heavy atom. The Balaban J connectivity index is 2.83. The van der Waals surface area contributed by atoms with Gasteiger partial charge in [0.15, 0.2) is 0 Å². The fourth-order valence-corrected chi connectivity index (χ4v) is 2.02. The average molecular weight is 282 g/mol. The second kappa shape index (κ2) is 6.53. The Kier molecular flexibility index (Phi) is 5.67. The summed E-state index contributed by atoms with van der Waals surface area (Å²) in [4.78, 5) is 4.13. The van der Waals surface area contributed by atoms with Crippen molar-refractivity contribution in [1.82, 2.24) is 4.98 Å². The number of nitrogens with zero attached hydrogens (tertiary/aromatic N) is 1. The van der Waals surface area contributed by atoms with Gasteiger partial charge in [0.25, 0.3) is 0 Å². The minimum Gasteiger partial charge on any atom is -0.366 e. The lowest BCUT2D eigenvalue weighted by atomic mass is 10.1. The van der Waals surface area contributed by atoms with Crippen molar-refractivity contribution >= 4 is 40.6 Å². The smallest absolute Gasteiger partial charge is 0.150 e.